The lowest BCUT2D eigenvalue weighted by Crippen LogP contribution is -2.44. The van der Waals surface area contributed by atoms with Crippen LogP contribution in [0.1, 0.15) is 32.6 Å². The number of hydrogen-bond donors (Lipinski definition) is 2. The lowest BCUT2D eigenvalue weighted by molar-refractivity contribution is -0.119. The Labute approximate surface area is 97.8 Å². The third-order valence-electron chi connectivity index (χ3n) is 3.57. The highest BCUT2D eigenvalue weighted by Gasteiger charge is 2.25. The van der Waals surface area contributed by atoms with Crippen LogP contribution in [0, 0.1) is 0 Å². The van der Waals surface area contributed by atoms with Gasteiger partial charge in [-0.05, 0) is 25.8 Å². The van der Waals surface area contributed by atoms with Gasteiger partial charge in [0, 0.05) is 38.6 Å². The van der Waals surface area contributed by atoms with Crippen LogP contribution in [-0.2, 0) is 4.79 Å². The summed E-state index contributed by atoms with van der Waals surface area (Å²) in [6.45, 7) is 6.08. The molecule has 4 nitrogen and oxygen atoms in total. The molecule has 0 aromatic heterocycles. The number of carbonyl (C=O) groups excluding carboxylic acids is 1. The van der Waals surface area contributed by atoms with Gasteiger partial charge >= 0.3 is 0 Å². The summed E-state index contributed by atoms with van der Waals surface area (Å²) >= 11 is 0. The first-order valence-corrected chi connectivity index (χ1v) is 6.47. The van der Waals surface area contributed by atoms with E-state index in [1.54, 1.807) is 6.92 Å². The third kappa shape index (κ3) is 3.46. The van der Waals surface area contributed by atoms with Crippen LogP contribution >= 0.6 is 0 Å². The van der Waals surface area contributed by atoms with Crippen LogP contribution in [-0.4, -0.2) is 49.1 Å². The summed E-state index contributed by atoms with van der Waals surface area (Å²) in [5, 5.41) is 6.58. The number of hydrogen-bond acceptors (Lipinski definition) is 3. The lowest BCUT2D eigenvalue weighted by atomic mass is 10.0. The normalized spacial score (nSPS) is 31.6. The Bertz CT molecular complexity index is 238. The fourth-order valence-corrected chi connectivity index (χ4v) is 2.80. The zero-order valence-corrected chi connectivity index (χ0v) is 10.2. The largest absolute Gasteiger partial charge is 0.352 e. The highest BCUT2D eigenvalue weighted by molar-refractivity contribution is 5.73. The summed E-state index contributed by atoms with van der Waals surface area (Å²) in [6, 6.07) is 1.05. The van der Waals surface area contributed by atoms with E-state index in [0.29, 0.717) is 12.1 Å². The number of rotatable bonds is 3. The van der Waals surface area contributed by atoms with E-state index in [9.17, 15) is 4.79 Å². The fourth-order valence-electron chi connectivity index (χ4n) is 2.80. The highest BCUT2D eigenvalue weighted by Crippen LogP contribution is 2.13. The van der Waals surface area contributed by atoms with Crippen molar-refractivity contribution in [2.45, 2.75) is 44.7 Å². The number of nitrogens with one attached hydrogen (secondary N) is 2. The Kier molecular flexibility index (Phi) is 4.18. The van der Waals surface area contributed by atoms with Crippen molar-refractivity contribution in [1.82, 2.24) is 15.5 Å². The van der Waals surface area contributed by atoms with Crippen LogP contribution in [0.3, 0.4) is 0 Å². The molecule has 2 heterocycles. The predicted molar refractivity (Wildman–Crippen MR) is 64.3 cm³/mol. The van der Waals surface area contributed by atoms with Gasteiger partial charge in [0.2, 0.25) is 5.91 Å². The zero-order valence-electron chi connectivity index (χ0n) is 10.2. The number of likely N-dealkylation sites (tertiary alicyclic amines) is 1. The zero-order chi connectivity index (χ0) is 11.4. The van der Waals surface area contributed by atoms with Gasteiger partial charge in [-0.3, -0.25) is 9.69 Å². The molecule has 92 valence electrons. The van der Waals surface area contributed by atoms with Gasteiger partial charge in [0.15, 0.2) is 0 Å². The first-order chi connectivity index (χ1) is 7.74. The van der Waals surface area contributed by atoms with Crippen molar-refractivity contribution < 1.29 is 4.79 Å². The molecule has 16 heavy (non-hydrogen) atoms. The van der Waals surface area contributed by atoms with E-state index in [4.69, 9.17) is 0 Å². The summed E-state index contributed by atoms with van der Waals surface area (Å²) in [5.74, 6) is 0.0997. The second kappa shape index (κ2) is 5.64. The third-order valence-corrected chi connectivity index (χ3v) is 3.57. The molecule has 2 aliphatic rings. The van der Waals surface area contributed by atoms with Crippen molar-refractivity contribution in [1.29, 1.82) is 0 Å². The molecule has 2 rings (SSSR count). The number of amides is 1. The van der Waals surface area contributed by atoms with Crippen molar-refractivity contribution in [2.24, 2.45) is 0 Å². The first-order valence-electron chi connectivity index (χ1n) is 6.47. The van der Waals surface area contributed by atoms with Gasteiger partial charge in [-0.2, -0.15) is 0 Å². The molecule has 0 radical (unpaired) electrons. The van der Waals surface area contributed by atoms with Crippen molar-refractivity contribution in [3.63, 3.8) is 0 Å². The van der Waals surface area contributed by atoms with Gasteiger partial charge in [-0.15, -0.1) is 0 Å². The first kappa shape index (κ1) is 11.9. The van der Waals surface area contributed by atoms with E-state index in [2.05, 4.69) is 15.5 Å². The van der Waals surface area contributed by atoms with E-state index in [1.165, 1.54) is 25.8 Å². The molecule has 2 saturated heterocycles. The van der Waals surface area contributed by atoms with Gasteiger partial charge in [-0.25, -0.2) is 0 Å². The summed E-state index contributed by atoms with van der Waals surface area (Å²) in [7, 11) is 0. The molecule has 0 spiro atoms. The Morgan fingerprint density at radius 2 is 2.31 bits per heavy atom. The highest BCUT2D eigenvalue weighted by atomic mass is 16.1. The topological polar surface area (TPSA) is 44.4 Å². The minimum Gasteiger partial charge on any atom is -0.352 e. The molecule has 0 aromatic carbocycles. The van der Waals surface area contributed by atoms with E-state index in [1.807, 2.05) is 0 Å². The van der Waals surface area contributed by atoms with Crippen LogP contribution in [0.4, 0.5) is 0 Å². The van der Waals surface area contributed by atoms with E-state index in [-0.39, 0.29) is 5.91 Å². The maximum absolute atomic E-state index is 11.0. The summed E-state index contributed by atoms with van der Waals surface area (Å²) < 4.78 is 0. The molecule has 0 aromatic rings. The SMILES string of the molecule is CC(=O)NC1CCN(CC2CCCCN2)C1. The van der Waals surface area contributed by atoms with Gasteiger partial charge in [0.25, 0.3) is 0 Å². The molecule has 0 bridgehead atoms. The maximum atomic E-state index is 11.0. The average molecular weight is 225 g/mol. The van der Waals surface area contributed by atoms with Crippen molar-refractivity contribution in [3.05, 3.63) is 0 Å². The van der Waals surface area contributed by atoms with Crippen LogP contribution in [0.5, 0.6) is 0 Å². The average Bonchev–Trinajstić information content (AvgIpc) is 2.66. The van der Waals surface area contributed by atoms with Crippen molar-refractivity contribution in [2.75, 3.05) is 26.2 Å². The van der Waals surface area contributed by atoms with E-state index < -0.39 is 0 Å². The van der Waals surface area contributed by atoms with Gasteiger partial charge < -0.3 is 10.6 Å². The van der Waals surface area contributed by atoms with Gasteiger partial charge in [-0.1, -0.05) is 6.42 Å². The molecular formula is C12H23N3O. The van der Waals surface area contributed by atoms with Crippen LogP contribution in [0.2, 0.25) is 0 Å². The summed E-state index contributed by atoms with van der Waals surface area (Å²) in [5.41, 5.74) is 0. The van der Waals surface area contributed by atoms with Crippen LogP contribution in [0.25, 0.3) is 0 Å². The molecule has 2 aliphatic heterocycles. The molecule has 0 saturated carbocycles. The molecule has 4 heteroatoms. The van der Waals surface area contributed by atoms with Crippen LogP contribution < -0.4 is 10.6 Å². The Balaban J connectivity index is 1.69. The molecular weight excluding hydrogens is 202 g/mol. The maximum Gasteiger partial charge on any atom is 0.217 e. The molecule has 2 N–H and O–H groups in total. The van der Waals surface area contributed by atoms with Crippen LogP contribution in [0.15, 0.2) is 0 Å². The quantitative estimate of drug-likeness (QED) is 0.728. The monoisotopic (exact) mass is 225 g/mol. The fraction of sp³-hybridized carbons (Fsp3) is 0.917. The Morgan fingerprint density at radius 1 is 1.44 bits per heavy atom. The summed E-state index contributed by atoms with van der Waals surface area (Å²) in [4.78, 5) is 13.4. The molecule has 0 aliphatic carbocycles. The van der Waals surface area contributed by atoms with E-state index >= 15 is 0 Å². The van der Waals surface area contributed by atoms with Crippen molar-refractivity contribution in [3.8, 4) is 0 Å². The number of nitrogens with zero attached hydrogens (tertiary/aromatic N) is 1. The lowest BCUT2D eigenvalue weighted by Gasteiger charge is -2.28. The predicted octanol–water partition coefficient (Wildman–Crippen LogP) is 0.339. The van der Waals surface area contributed by atoms with E-state index in [0.717, 1.165) is 26.1 Å². The summed E-state index contributed by atoms with van der Waals surface area (Å²) in [6.07, 6.45) is 5.10. The molecule has 2 fully saturated rings. The Hall–Kier alpha value is -0.610. The minimum atomic E-state index is 0.0997. The second-order valence-corrected chi connectivity index (χ2v) is 5.09. The molecule has 1 amide bonds. The smallest absolute Gasteiger partial charge is 0.217 e. The second-order valence-electron chi connectivity index (χ2n) is 5.09. The Morgan fingerprint density at radius 3 is 3.00 bits per heavy atom. The standard InChI is InChI=1S/C12H23N3O/c1-10(16)14-12-5-7-15(9-12)8-11-4-2-3-6-13-11/h11-13H,2-9H2,1H3,(H,14,16). The molecule has 2 unspecified atom stereocenters. The van der Waals surface area contributed by atoms with Gasteiger partial charge in [0.1, 0.15) is 0 Å². The number of piperidine rings is 1. The number of carbonyl (C=O) groups is 1. The van der Waals surface area contributed by atoms with Crippen molar-refractivity contribution >= 4 is 5.91 Å². The molecule has 2 atom stereocenters. The minimum absolute atomic E-state index is 0.0997. The van der Waals surface area contributed by atoms with Gasteiger partial charge in [0.05, 0.1) is 0 Å².